The van der Waals surface area contributed by atoms with E-state index in [0.717, 1.165) is 0 Å². The van der Waals surface area contributed by atoms with Crippen LogP contribution in [0.1, 0.15) is 19.3 Å². The average Bonchev–Trinajstić information content (AvgIpc) is 2.49. The standard InChI is InChI=1S/C10H15NO4.C5H5N/c12-9(13)5-7(6-10(14)15)8-3-1-2-4-11-8;1-2-4-6-5-3-1/h1-2,7-8,11H,3-6H2,(H,12,13)(H,14,15);1-5H. The van der Waals surface area contributed by atoms with Gasteiger partial charge in [0.05, 0.1) is 12.8 Å². The molecule has 0 bridgehead atoms. The molecule has 1 aromatic heterocycles. The lowest BCUT2D eigenvalue weighted by Gasteiger charge is -2.26. The lowest BCUT2D eigenvalue weighted by Crippen LogP contribution is -2.39. The predicted octanol–water partition coefficient (Wildman–Crippen LogP) is 1.55. The van der Waals surface area contributed by atoms with Crippen LogP contribution >= 0.6 is 0 Å². The van der Waals surface area contributed by atoms with Crippen molar-refractivity contribution in [2.75, 3.05) is 6.54 Å². The van der Waals surface area contributed by atoms with Gasteiger partial charge >= 0.3 is 11.9 Å². The Morgan fingerprint density at radius 1 is 1.10 bits per heavy atom. The maximum absolute atomic E-state index is 10.6. The van der Waals surface area contributed by atoms with Crippen molar-refractivity contribution in [3.8, 4) is 0 Å². The molecule has 0 radical (unpaired) electrons. The van der Waals surface area contributed by atoms with Gasteiger partial charge in [0, 0.05) is 25.0 Å². The fraction of sp³-hybridized carbons (Fsp3) is 0.400. The predicted molar refractivity (Wildman–Crippen MR) is 77.8 cm³/mol. The molecule has 0 amide bonds. The Morgan fingerprint density at radius 3 is 2.05 bits per heavy atom. The van der Waals surface area contributed by atoms with Crippen LogP contribution in [-0.2, 0) is 9.59 Å². The molecule has 0 saturated carbocycles. The SMILES string of the molecule is O=C(O)CC(CC(=O)O)C1CC=CCN1.c1ccncc1. The Balaban J connectivity index is 0.000000304. The summed E-state index contributed by atoms with van der Waals surface area (Å²) in [6.07, 6.45) is 7.91. The third-order valence-corrected chi connectivity index (χ3v) is 3.06. The summed E-state index contributed by atoms with van der Waals surface area (Å²) in [5, 5.41) is 20.5. The number of hydrogen-bond acceptors (Lipinski definition) is 4. The topological polar surface area (TPSA) is 99.5 Å². The second kappa shape index (κ2) is 9.66. The van der Waals surface area contributed by atoms with Crippen molar-refractivity contribution in [3.05, 3.63) is 42.7 Å². The van der Waals surface area contributed by atoms with E-state index in [1.54, 1.807) is 12.4 Å². The van der Waals surface area contributed by atoms with Crippen molar-refractivity contribution < 1.29 is 19.8 Å². The first-order valence-corrected chi connectivity index (χ1v) is 6.76. The van der Waals surface area contributed by atoms with Gasteiger partial charge in [0.25, 0.3) is 0 Å². The summed E-state index contributed by atoms with van der Waals surface area (Å²) < 4.78 is 0. The molecule has 0 fully saturated rings. The summed E-state index contributed by atoms with van der Waals surface area (Å²) in [5.74, 6) is -2.24. The highest BCUT2D eigenvalue weighted by atomic mass is 16.4. The Hall–Kier alpha value is -2.21. The number of pyridine rings is 1. The average molecular weight is 292 g/mol. The second-order valence-electron chi connectivity index (χ2n) is 4.70. The number of carboxylic acid groups (broad SMARTS) is 2. The number of hydrogen-bond donors (Lipinski definition) is 3. The maximum Gasteiger partial charge on any atom is 0.303 e. The highest BCUT2D eigenvalue weighted by molar-refractivity contribution is 5.71. The van der Waals surface area contributed by atoms with Gasteiger partial charge in [-0.3, -0.25) is 14.6 Å². The Morgan fingerprint density at radius 2 is 1.71 bits per heavy atom. The highest BCUT2D eigenvalue weighted by Gasteiger charge is 2.26. The number of nitrogens with one attached hydrogen (secondary N) is 1. The van der Waals surface area contributed by atoms with Crippen LogP contribution < -0.4 is 5.32 Å². The Kier molecular flexibility index (Phi) is 7.74. The van der Waals surface area contributed by atoms with Gasteiger partial charge in [0.1, 0.15) is 0 Å². The summed E-state index contributed by atoms with van der Waals surface area (Å²) in [6.45, 7) is 0.681. The molecular formula is C15H20N2O4. The number of aliphatic carboxylic acids is 2. The molecule has 6 nitrogen and oxygen atoms in total. The first kappa shape index (κ1) is 16.8. The van der Waals surface area contributed by atoms with E-state index in [-0.39, 0.29) is 24.8 Å². The zero-order valence-corrected chi connectivity index (χ0v) is 11.7. The van der Waals surface area contributed by atoms with Gasteiger partial charge in [-0.2, -0.15) is 0 Å². The zero-order chi connectivity index (χ0) is 15.5. The van der Waals surface area contributed by atoms with Gasteiger partial charge in [0.15, 0.2) is 0 Å². The van der Waals surface area contributed by atoms with Crippen LogP contribution in [0.3, 0.4) is 0 Å². The fourth-order valence-electron chi connectivity index (χ4n) is 2.11. The van der Waals surface area contributed by atoms with Crippen LogP contribution in [0.4, 0.5) is 0 Å². The van der Waals surface area contributed by atoms with Crippen LogP contribution in [0.15, 0.2) is 42.7 Å². The van der Waals surface area contributed by atoms with E-state index in [2.05, 4.69) is 10.3 Å². The summed E-state index contributed by atoms with van der Waals surface area (Å²) in [7, 11) is 0. The molecule has 2 heterocycles. The first-order chi connectivity index (χ1) is 10.1. The molecule has 1 aromatic rings. The lowest BCUT2D eigenvalue weighted by atomic mass is 9.89. The van der Waals surface area contributed by atoms with Crippen molar-refractivity contribution in [1.29, 1.82) is 0 Å². The van der Waals surface area contributed by atoms with Gasteiger partial charge in [-0.05, 0) is 24.5 Å². The van der Waals surface area contributed by atoms with Crippen LogP contribution in [0.2, 0.25) is 0 Å². The molecular weight excluding hydrogens is 272 g/mol. The van der Waals surface area contributed by atoms with Crippen molar-refractivity contribution in [1.82, 2.24) is 10.3 Å². The van der Waals surface area contributed by atoms with E-state index in [1.807, 2.05) is 30.4 Å². The molecule has 0 spiro atoms. The van der Waals surface area contributed by atoms with Crippen molar-refractivity contribution in [2.45, 2.75) is 25.3 Å². The van der Waals surface area contributed by atoms with Gasteiger partial charge < -0.3 is 15.5 Å². The minimum absolute atomic E-state index is 0.0396. The minimum Gasteiger partial charge on any atom is -0.481 e. The number of carbonyl (C=O) groups is 2. The van der Waals surface area contributed by atoms with Gasteiger partial charge in [0.2, 0.25) is 0 Å². The fourth-order valence-corrected chi connectivity index (χ4v) is 2.11. The Bertz CT molecular complexity index is 419. The van der Waals surface area contributed by atoms with Crippen molar-refractivity contribution >= 4 is 11.9 Å². The smallest absolute Gasteiger partial charge is 0.303 e. The molecule has 3 N–H and O–H groups in total. The van der Waals surface area contributed by atoms with E-state index < -0.39 is 11.9 Å². The van der Waals surface area contributed by atoms with Gasteiger partial charge in [-0.25, -0.2) is 0 Å². The largest absolute Gasteiger partial charge is 0.481 e. The molecule has 1 aliphatic rings. The first-order valence-electron chi connectivity index (χ1n) is 6.76. The molecule has 0 aliphatic carbocycles. The molecule has 0 aromatic carbocycles. The molecule has 1 aliphatic heterocycles. The lowest BCUT2D eigenvalue weighted by molar-refractivity contribution is -0.141. The van der Waals surface area contributed by atoms with E-state index in [1.165, 1.54) is 0 Å². The third-order valence-electron chi connectivity index (χ3n) is 3.06. The van der Waals surface area contributed by atoms with Crippen LogP contribution in [0.5, 0.6) is 0 Å². The van der Waals surface area contributed by atoms with E-state index in [4.69, 9.17) is 10.2 Å². The molecule has 6 heteroatoms. The van der Waals surface area contributed by atoms with E-state index in [0.29, 0.717) is 13.0 Å². The van der Waals surface area contributed by atoms with E-state index in [9.17, 15) is 9.59 Å². The number of aromatic nitrogens is 1. The number of carboxylic acids is 2. The van der Waals surface area contributed by atoms with Crippen LogP contribution in [-0.4, -0.2) is 39.7 Å². The van der Waals surface area contributed by atoms with Gasteiger partial charge in [-0.15, -0.1) is 0 Å². The van der Waals surface area contributed by atoms with Crippen LogP contribution in [0.25, 0.3) is 0 Å². The number of nitrogens with zero attached hydrogens (tertiary/aromatic N) is 1. The maximum atomic E-state index is 10.6. The molecule has 114 valence electrons. The third kappa shape index (κ3) is 7.84. The van der Waals surface area contributed by atoms with Gasteiger partial charge in [-0.1, -0.05) is 18.2 Å². The summed E-state index contributed by atoms with van der Waals surface area (Å²) in [4.78, 5) is 25.0. The molecule has 1 unspecified atom stereocenters. The normalized spacial score (nSPS) is 16.9. The zero-order valence-electron chi connectivity index (χ0n) is 11.7. The molecule has 21 heavy (non-hydrogen) atoms. The molecule has 2 rings (SSSR count). The summed E-state index contributed by atoms with van der Waals surface area (Å²) in [6, 6.07) is 5.68. The summed E-state index contributed by atoms with van der Waals surface area (Å²) in [5.41, 5.74) is 0. The summed E-state index contributed by atoms with van der Waals surface area (Å²) >= 11 is 0. The monoisotopic (exact) mass is 292 g/mol. The Labute approximate surface area is 123 Å². The van der Waals surface area contributed by atoms with Crippen molar-refractivity contribution in [2.24, 2.45) is 5.92 Å². The second-order valence-corrected chi connectivity index (χ2v) is 4.70. The van der Waals surface area contributed by atoms with Crippen LogP contribution in [0, 0.1) is 5.92 Å². The quantitative estimate of drug-likeness (QED) is 0.712. The number of rotatable bonds is 5. The van der Waals surface area contributed by atoms with Crippen molar-refractivity contribution in [3.63, 3.8) is 0 Å². The van der Waals surface area contributed by atoms with E-state index >= 15 is 0 Å². The molecule has 1 atom stereocenters. The molecule has 0 saturated heterocycles. The highest BCUT2D eigenvalue weighted by Crippen LogP contribution is 2.19. The minimum atomic E-state index is -0.947.